The maximum Gasteiger partial charge on any atom is 0.256 e. The van der Waals surface area contributed by atoms with E-state index in [0.717, 1.165) is 29.0 Å². The second kappa shape index (κ2) is 6.58. The number of amides is 1. The third-order valence-corrected chi connectivity index (χ3v) is 7.70. The van der Waals surface area contributed by atoms with Crippen LogP contribution < -0.4 is 10.6 Å². The highest BCUT2D eigenvalue weighted by atomic mass is 35.5. The summed E-state index contributed by atoms with van der Waals surface area (Å²) >= 11 is 7.76. The Hall–Kier alpha value is -1.52. The summed E-state index contributed by atoms with van der Waals surface area (Å²) < 4.78 is 0. The van der Waals surface area contributed by atoms with Crippen molar-refractivity contribution in [3.8, 4) is 0 Å². The molecular weight excluding hydrogens is 364 g/mol. The monoisotopic (exact) mass is 388 g/mol. The molecule has 1 amide bonds. The molecule has 2 aromatic rings. The molecule has 0 bridgehead atoms. The molecule has 0 radical (unpaired) electrons. The number of nitrogens with one attached hydrogen (secondary N) is 2. The van der Waals surface area contributed by atoms with Gasteiger partial charge in [-0.25, -0.2) is 0 Å². The number of hydrogen-bond donors (Lipinski definition) is 2. The van der Waals surface area contributed by atoms with Crippen LogP contribution in [0.4, 0.5) is 5.00 Å². The normalized spacial score (nSPS) is 22.2. The van der Waals surface area contributed by atoms with Gasteiger partial charge in [0.15, 0.2) is 0 Å². The van der Waals surface area contributed by atoms with E-state index in [4.69, 9.17) is 11.6 Å². The molecular formula is C21H25ClN2OS. The van der Waals surface area contributed by atoms with Crippen LogP contribution in [0.1, 0.15) is 66.1 Å². The Morgan fingerprint density at radius 2 is 1.96 bits per heavy atom. The van der Waals surface area contributed by atoms with Crippen LogP contribution in [-0.2, 0) is 12.8 Å². The van der Waals surface area contributed by atoms with Gasteiger partial charge in [0.2, 0.25) is 0 Å². The molecule has 1 aliphatic carbocycles. The van der Waals surface area contributed by atoms with Crippen molar-refractivity contribution in [1.82, 2.24) is 5.32 Å². The van der Waals surface area contributed by atoms with Gasteiger partial charge in [-0.05, 0) is 53.9 Å². The zero-order chi connectivity index (χ0) is 18.5. The van der Waals surface area contributed by atoms with Crippen LogP contribution in [0.25, 0.3) is 0 Å². The van der Waals surface area contributed by atoms with Gasteiger partial charge in [0.1, 0.15) is 11.2 Å². The summed E-state index contributed by atoms with van der Waals surface area (Å²) in [6.07, 6.45) is 4.26. The SMILES string of the molecule is CCC(C)(C)[C@@H]1CCc2c(sc3c2C(=O)N[C@H](c2ccc(Cl)cc2)N3)C1. The average Bonchev–Trinajstić information content (AvgIpc) is 3.00. The van der Waals surface area contributed by atoms with Gasteiger partial charge in [-0.15, -0.1) is 11.3 Å². The predicted molar refractivity (Wildman–Crippen MR) is 109 cm³/mol. The van der Waals surface area contributed by atoms with Crippen molar-refractivity contribution < 1.29 is 4.79 Å². The predicted octanol–water partition coefficient (Wildman–Crippen LogP) is 5.80. The highest BCUT2D eigenvalue weighted by Gasteiger charge is 2.37. The van der Waals surface area contributed by atoms with E-state index in [1.54, 1.807) is 11.3 Å². The summed E-state index contributed by atoms with van der Waals surface area (Å²) in [5, 5.41) is 8.37. The lowest BCUT2D eigenvalue weighted by molar-refractivity contribution is 0.0934. The molecule has 2 atom stereocenters. The van der Waals surface area contributed by atoms with Crippen LogP contribution in [0.15, 0.2) is 24.3 Å². The summed E-state index contributed by atoms with van der Waals surface area (Å²) in [6, 6.07) is 7.63. The molecule has 0 saturated heterocycles. The fourth-order valence-electron chi connectivity index (χ4n) is 4.08. The van der Waals surface area contributed by atoms with E-state index in [1.165, 1.54) is 23.3 Å². The summed E-state index contributed by atoms with van der Waals surface area (Å²) in [5.41, 5.74) is 3.52. The lowest BCUT2D eigenvalue weighted by Gasteiger charge is -2.36. The van der Waals surface area contributed by atoms with Crippen LogP contribution >= 0.6 is 22.9 Å². The zero-order valence-corrected chi connectivity index (χ0v) is 17.1. The van der Waals surface area contributed by atoms with Crippen molar-refractivity contribution in [2.45, 2.75) is 52.6 Å². The first-order valence-corrected chi connectivity index (χ1v) is 10.6. The largest absolute Gasteiger partial charge is 0.353 e. The van der Waals surface area contributed by atoms with E-state index in [9.17, 15) is 4.79 Å². The maximum absolute atomic E-state index is 12.8. The van der Waals surface area contributed by atoms with E-state index >= 15 is 0 Å². The molecule has 0 unspecified atom stereocenters. The fraction of sp³-hybridized carbons (Fsp3) is 0.476. The van der Waals surface area contributed by atoms with Crippen LogP contribution in [0.5, 0.6) is 0 Å². The lowest BCUT2D eigenvalue weighted by Crippen LogP contribution is -2.38. The summed E-state index contributed by atoms with van der Waals surface area (Å²) in [6.45, 7) is 7.02. The molecule has 1 aliphatic heterocycles. The van der Waals surface area contributed by atoms with Gasteiger partial charge in [0.25, 0.3) is 5.91 Å². The topological polar surface area (TPSA) is 41.1 Å². The Morgan fingerprint density at radius 1 is 1.23 bits per heavy atom. The molecule has 2 heterocycles. The summed E-state index contributed by atoms with van der Waals surface area (Å²) in [4.78, 5) is 14.2. The van der Waals surface area contributed by atoms with Crippen LogP contribution in [0.3, 0.4) is 0 Å². The smallest absolute Gasteiger partial charge is 0.256 e. The minimum atomic E-state index is -0.199. The molecule has 3 nitrogen and oxygen atoms in total. The lowest BCUT2D eigenvalue weighted by atomic mass is 9.69. The minimum absolute atomic E-state index is 0.0457. The zero-order valence-electron chi connectivity index (χ0n) is 15.5. The Labute approximate surface area is 164 Å². The molecule has 0 fully saturated rings. The minimum Gasteiger partial charge on any atom is -0.353 e. The molecule has 4 rings (SSSR count). The van der Waals surface area contributed by atoms with Gasteiger partial charge >= 0.3 is 0 Å². The first-order chi connectivity index (χ1) is 12.4. The van der Waals surface area contributed by atoms with Crippen molar-refractivity contribution in [2.75, 3.05) is 5.32 Å². The Morgan fingerprint density at radius 3 is 2.65 bits per heavy atom. The first-order valence-electron chi connectivity index (χ1n) is 9.36. The van der Waals surface area contributed by atoms with Gasteiger partial charge in [-0.3, -0.25) is 4.79 Å². The number of benzene rings is 1. The molecule has 1 aromatic carbocycles. The second-order valence-electron chi connectivity index (χ2n) is 8.09. The van der Waals surface area contributed by atoms with Crippen molar-refractivity contribution in [3.63, 3.8) is 0 Å². The average molecular weight is 389 g/mol. The first kappa shape index (κ1) is 17.9. The van der Waals surface area contributed by atoms with E-state index in [2.05, 4.69) is 31.4 Å². The van der Waals surface area contributed by atoms with Crippen molar-refractivity contribution in [3.05, 3.63) is 50.9 Å². The highest BCUT2D eigenvalue weighted by molar-refractivity contribution is 7.16. The van der Waals surface area contributed by atoms with Crippen molar-refractivity contribution in [1.29, 1.82) is 0 Å². The summed E-state index contributed by atoms with van der Waals surface area (Å²) in [5.74, 6) is 0.736. The molecule has 26 heavy (non-hydrogen) atoms. The molecule has 2 N–H and O–H groups in total. The Balaban J connectivity index is 1.63. The number of anilines is 1. The molecule has 5 heteroatoms. The van der Waals surface area contributed by atoms with Gasteiger partial charge in [0, 0.05) is 9.90 Å². The van der Waals surface area contributed by atoms with E-state index in [1.807, 2.05) is 24.3 Å². The number of hydrogen-bond acceptors (Lipinski definition) is 3. The number of rotatable bonds is 3. The number of carbonyl (C=O) groups is 1. The molecule has 138 valence electrons. The van der Waals surface area contributed by atoms with E-state index < -0.39 is 0 Å². The van der Waals surface area contributed by atoms with E-state index in [-0.39, 0.29) is 12.1 Å². The summed E-state index contributed by atoms with van der Waals surface area (Å²) in [7, 11) is 0. The van der Waals surface area contributed by atoms with Gasteiger partial charge < -0.3 is 10.6 Å². The molecule has 2 aliphatic rings. The Bertz CT molecular complexity index is 840. The standard InChI is InChI=1S/C21H25ClN2OS/c1-4-21(2,3)13-7-10-15-16(11-13)26-20-17(15)19(25)23-18(24-20)12-5-8-14(22)9-6-12/h5-6,8-9,13,18,24H,4,7,10-11H2,1-3H3,(H,23,25)/t13-,18+/m1/s1. The third-order valence-electron chi connectivity index (χ3n) is 6.26. The van der Waals surface area contributed by atoms with Crippen molar-refractivity contribution >= 4 is 33.8 Å². The quantitative estimate of drug-likeness (QED) is 0.697. The van der Waals surface area contributed by atoms with E-state index in [0.29, 0.717) is 16.4 Å². The molecule has 1 aromatic heterocycles. The fourth-order valence-corrected chi connectivity index (χ4v) is 5.55. The number of thiophene rings is 1. The van der Waals surface area contributed by atoms with Crippen LogP contribution in [0.2, 0.25) is 5.02 Å². The van der Waals surface area contributed by atoms with Gasteiger partial charge in [-0.1, -0.05) is 50.9 Å². The number of fused-ring (bicyclic) bond motifs is 3. The van der Waals surface area contributed by atoms with Gasteiger partial charge in [-0.2, -0.15) is 0 Å². The maximum atomic E-state index is 12.8. The molecule has 0 saturated carbocycles. The Kier molecular flexibility index (Phi) is 4.52. The molecule has 0 spiro atoms. The highest BCUT2D eigenvalue weighted by Crippen LogP contribution is 2.46. The van der Waals surface area contributed by atoms with Crippen molar-refractivity contribution in [2.24, 2.45) is 11.3 Å². The number of carbonyl (C=O) groups excluding carboxylic acids is 1. The third kappa shape index (κ3) is 3.03. The van der Waals surface area contributed by atoms with Crippen LogP contribution in [0, 0.1) is 11.3 Å². The van der Waals surface area contributed by atoms with Gasteiger partial charge in [0.05, 0.1) is 5.56 Å². The van der Waals surface area contributed by atoms with Crippen LogP contribution in [-0.4, -0.2) is 5.91 Å². The second-order valence-corrected chi connectivity index (χ2v) is 9.63. The number of halogens is 1.